The van der Waals surface area contributed by atoms with Gasteiger partial charge in [0.15, 0.2) is 0 Å². The van der Waals surface area contributed by atoms with Crippen LogP contribution in [0.3, 0.4) is 0 Å². The second-order valence-electron chi connectivity index (χ2n) is 4.79. The summed E-state index contributed by atoms with van der Waals surface area (Å²) in [5.41, 5.74) is 2.10. The van der Waals surface area contributed by atoms with Crippen LogP contribution in [0.5, 0.6) is 0 Å². The Morgan fingerprint density at radius 2 is 2.05 bits per heavy atom. The third kappa shape index (κ3) is 1.85. The number of hydrogen-bond donors (Lipinski definition) is 2. The first kappa shape index (κ1) is 11.7. The van der Waals surface area contributed by atoms with E-state index in [4.69, 9.17) is 0 Å². The van der Waals surface area contributed by atoms with Gasteiger partial charge >= 0.3 is 5.69 Å². The number of nitrogens with one attached hydrogen (secondary N) is 2. The zero-order valence-electron chi connectivity index (χ0n) is 10.4. The van der Waals surface area contributed by atoms with Crippen LogP contribution >= 0.6 is 0 Å². The lowest BCUT2D eigenvalue weighted by molar-refractivity contribution is -0.135. The lowest BCUT2D eigenvalue weighted by atomic mass is 10.1. The van der Waals surface area contributed by atoms with Crippen molar-refractivity contribution >= 4 is 22.8 Å². The highest BCUT2D eigenvalue weighted by Crippen LogP contribution is 2.22. The van der Waals surface area contributed by atoms with Crippen LogP contribution in [-0.4, -0.2) is 21.4 Å². The number of imide groups is 1. The molecule has 19 heavy (non-hydrogen) atoms. The number of aromatic nitrogens is 2. The Labute approximate surface area is 108 Å². The summed E-state index contributed by atoms with van der Waals surface area (Å²) in [4.78, 5) is 37.8. The Hall–Kier alpha value is -2.37. The average molecular weight is 259 g/mol. The number of aromatic amines is 1. The molecule has 1 atom stereocenters. The smallest absolute Gasteiger partial charge is 0.306 e. The molecule has 6 nitrogen and oxygen atoms in total. The van der Waals surface area contributed by atoms with Crippen LogP contribution in [0.2, 0.25) is 0 Å². The van der Waals surface area contributed by atoms with E-state index in [1.165, 1.54) is 4.57 Å². The fourth-order valence-corrected chi connectivity index (χ4v) is 2.48. The minimum Gasteiger partial charge on any atom is -0.306 e. The van der Waals surface area contributed by atoms with Gasteiger partial charge in [-0.05, 0) is 31.0 Å². The number of H-pyrrole nitrogens is 1. The Morgan fingerprint density at radius 3 is 2.79 bits per heavy atom. The van der Waals surface area contributed by atoms with E-state index < -0.39 is 11.9 Å². The summed E-state index contributed by atoms with van der Waals surface area (Å²) in [5.74, 6) is -0.704. The molecule has 6 heteroatoms. The van der Waals surface area contributed by atoms with Crippen LogP contribution in [0, 0.1) is 6.92 Å². The van der Waals surface area contributed by atoms with Crippen LogP contribution < -0.4 is 11.0 Å². The molecule has 98 valence electrons. The third-order valence-corrected chi connectivity index (χ3v) is 3.39. The molecule has 1 fully saturated rings. The summed E-state index contributed by atoms with van der Waals surface area (Å²) >= 11 is 0. The maximum Gasteiger partial charge on any atom is 0.327 e. The van der Waals surface area contributed by atoms with E-state index in [0.717, 1.165) is 5.56 Å². The number of amides is 2. The highest BCUT2D eigenvalue weighted by Gasteiger charge is 2.30. The number of piperidine rings is 1. The summed E-state index contributed by atoms with van der Waals surface area (Å²) in [6.45, 7) is 1.93. The molecular formula is C13H13N3O3. The third-order valence-electron chi connectivity index (χ3n) is 3.39. The van der Waals surface area contributed by atoms with Gasteiger partial charge in [-0.1, -0.05) is 6.07 Å². The van der Waals surface area contributed by atoms with Gasteiger partial charge in [-0.2, -0.15) is 0 Å². The molecule has 1 aromatic carbocycles. The molecule has 3 rings (SSSR count). The average Bonchev–Trinajstić information content (AvgIpc) is 2.65. The summed E-state index contributed by atoms with van der Waals surface area (Å²) in [6, 6.07) is 4.94. The van der Waals surface area contributed by atoms with Gasteiger partial charge in [-0.25, -0.2) is 4.79 Å². The van der Waals surface area contributed by atoms with Crippen LogP contribution in [0.25, 0.3) is 11.0 Å². The molecule has 1 saturated heterocycles. The highest BCUT2D eigenvalue weighted by atomic mass is 16.2. The molecule has 1 aliphatic heterocycles. The topological polar surface area (TPSA) is 84.0 Å². The number of rotatable bonds is 1. The van der Waals surface area contributed by atoms with Crippen molar-refractivity contribution in [2.24, 2.45) is 0 Å². The largest absolute Gasteiger partial charge is 0.327 e. The highest BCUT2D eigenvalue weighted by molar-refractivity contribution is 6.00. The van der Waals surface area contributed by atoms with Crippen LogP contribution in [-0.2, 0) is 9.59 Å². The maximum atomic E-state index is 12.0. The van der Waals surface area contributed by atoms with E-state index in [-0.39, 0.29) is 18.0 Å². The summed E-state index contributed by atoms with van der Waals surface area (Å²) in [5, 5.41) is 2.27. The number of carbonyl (C=O) groups is 2. The van der Waals surface area contributed by atoms with Crippen molar-refractivity contribution in [3.05, 3.63) is 34.2 Å². The predicted molar refractivity (Wildman–Crippen MR) is 68.7 cm³/mol. The van der Waals surface area contributed by atoms with Gasteiger partial charge in [0, 0.05) is 6.42 Å². The van der Waals surface area contributed by atoms with E-state index in [9.17, 15) is 14.4 Å². The molecule has 0 saturated carbocycles. The van der Waals surface area contributed by atoms with Crippen LogP contribution in [0.4, 0.5) is 0 Å². The summed E-state index contributed by atoms with van der Waals surface area (Å²) in [6.07, 6.45) is 0.604. The van der Waals surface area contributed by atoms with Gasteiger partial charge in [0.1, 0.15) is 6.04 Å². The molecule has 2 N–H and O–H groups in total. The first-order valence-electron chi connectivity index (χ1n) is 6.11. The number of fused-ring (bicyclic) bond motifs is 1. The second-order valence-corrected chi connectivity index (χ2v) is 4.79. The first-order chi connectivity index (χ1) is 9.06. The molecule has 1 aromatic heterocycles. The number of benzene rings is 1. The molecule has 0 aliphatic carbocycles. The number of hydrogen-bond acceptors (Lipinski definition) is 3. The van der Waals surface area contributed by atoms with Crippen molar-refractivity contribution < 1.29 is 9.59 Å². The number of nitrogens with zero attached hydrogens (tertiary/aromatic N) is 1. The van der Waals surface area contributed by atoms with E-state index >= 15 is 0 Å². The molecule has 2 heterocycles. The first-order valence-corrected chi connectivity index (χ1v) is 6.11. The molecule has 2 aromatic rings. The van der Waals surface area contributed by atoms with Crippen LogP contribution in [0.15, 0.2) is 23.0 Å². The van der Waals surface area contributed by atoms with Crippen molar-refractivity contribution in [1.82, 2.24) is 14.9 Å². The van der Waals surface area contributed by atoms with Gasteiger partial charge in [-0.3, -0.25) is 19.5 Å². The predicted octanol–water partition coefficient (Wildman–Crippen LogP) is 0.616. The minimum atomic E-state index is -0.623. The normalized spacial score (nSPS) is 19.7. The SMILES string of the molecule is Cc1ccc2c(c1)[nH]c(=O)n2C1CCC(=O)NC1=O. The van der Waals surface area contributed by atoms with Crippen molar-refractivity contribution in [3.8, 4) is 0 Å². The van der Waals surface area contributed by atoms with Crippen molar-refractivity contribution in [2.75, 3.05) is 0 Å². The fourth-order valence-electron chi connectivity index (χ4n) is 2.48. The standard InChI is InChI=1S/C13H13N3O3/c1-7-2-3-9-8(6-7)14-13(19)16(9)10-4-5-11(17)15-12(10)18/h2-3,6,10H,4-5H2,1H3,(H,14,19)(H,15,17,18). The molecular weight excluding hydrogens is 246 g/mol. The summed E-state index contributed by atoms with van der Waals surface area (Å²) in [7, 11) is 0. The van der Waals surface area contributed by atoms with E-state index in [0.29, 0.717) is 17.5 Å². The number of aryl methyl sites for hydroxylation is 1. The minimum absolute atomic E-state index is 0.251. The molecule has 0 spiro atoms. The molecule has 2 amide bonds. The Kier molecular flexibility index (Phi) is 2.51. The van der Waals surface area contributed by atoms with Gasteiger partial charge < -0.3 is 4.98 Å². The zero-order valence-corrected chi connectivity index (χ0v) is 10.4. The Morgan fingerprint density at radius 1 is 1.26 bits per heavy atom. The molecule has 1 unspecified atom stereocenters. The molecule has 0 radical (unpaired) electrons. The molecule has 0 bridgehead atoms. The number of imidazole rings is 1. The number of carbonyl (C=O) groups excluding carboxylic acids is 2. The van der Waals surface area contributed by atoms with Gasteiger partial charge in [0.2, 0.25) is 11.8 Å². The van der Waals surface area contributed by atoms with Crippen molar-refractivity contribution in [2.45, 2.75) is 25.8 Å². The van der Waals surface area contributed by atoms with Crippen molar-refractivity contribution in [1.29, 1.82) is 0 Å². The van der Waals surface area contributed by atoms with E-state index in [1.807, 2.05) is 25.1 Å². The van der Waals surface area contributed by atoms with E-state index in [1.54, 1.807) is 0 Å². The zero-order chi connectivity index (χ0) is 13.6. The molecule has 1 aliphatic rings. The quantitative estimate of drug-likeness (QED) is 0.736. The van der Waals surface area contributed by atoms with Crippen molar-refractivity contribution in [3.63, 3.8) is 0 Å². The van der Waals surface area contributed by atoms with Gasteiger partial charge in [0.05, 0.1) is 11.0 Å². The van der Waals surface area contributed by atoms with E-state index in [2.05, 4.69) is 10.3 Å². The van der Waals surface area contributed by atoms with Gasteiger partial charge in [-0.15, -0.1) is 0 Å². The Bertz CT molecular complexity index is 741. The Balaban J connectivity index is 2.15. The monoisotopic (exact) mass is 259 g/mol. The fraction of sp³-hybridized carbons (Fsp3) is 0.308. The van der Waals surface area contributed by atoms with Gasteiger partial charge in [0.25, 0.3) is 0 Å². The lowest BCUT2D eigenvalue weighted by Crippen LogP contribution is -2.43. The lowest BCUT2D eigenvalue weighted by Gasteiger charge is -2.21. The summed E-state index contributed by atoms with van der Waals surface area (Å²) < 4.78 is 1.43. The second kappa shape index (κ2) is 4.08. The van der Waals surface area contributed by atoms with Crippen LogP contribution in [0.1, 0.15) is 24.4 Å². The maximum absolute atomic E-state index is 12.0.